The summed E-state index contributed by atoms with van der Waals surface area (Å²) in [6, 6.07) is 0. The fraction of sp³-hybridized carbons (Fsp3) is 0.900. The molecule has 0 saturated heterocycles. The van der Waals surface area contributed by atoms with Gasteiger partial charge in [0, 0.05) is 19.3 Å². The van der Waals surface area contributed by atoms with Gasteiger partial charge in [-0.05, 0) is 38.5 Å². The fourth-order valence-electron chi connectivity index (χ4n) is 7.22. The van der Waals surface area contributed by atoms with Crippen LogP contribution < -0.4 is 0 Å². The fourth-order valence-corrected chi connectivity index (χ4v) is 8.00. The number of unbranched alkanes of at least 4 members (excludes halogenated alkanes) is 29. The van der Waals surface area contributed by atoms with E-state index in [1.165, 1.54) is 116 Å². The van der Waals surface area contributed by atoms with Gasteiger partial charge >= 0.3 is 25.7 Å². The molecule has 0 saturated carbocycles. The Morgan fingerprint density at radius 2 is 0.758 bits per heavy atom. The minimum Gasteiger partial charge on any atom is -0.462 e. The van der Waals surface area contributed by atoms with Crippen molar-refractivity contribution in [2.45, 2.75) is 264 Å². The Morgan fingerprint density at radius 1 is 0.435 bits per heavy atom. The number of aliphatic hydroxyl groups is 1. The van der Waals surface area contributed by atoms with Crippen molar-refractivity contribution in [3.8, 4) is 0 Å². The highest BCUT2D eigenvalue weighted by Gasteiger charge is 2.28. The van der Waals surface area contributed by atoms with Gasteiger partial charge in [-0.2, -0.15) is 0 Å². The molecule has 0 bridgehead atoms. The number of hydrogen-bond donors (Lipinski definition) is 2. The number of carbonyl (C=O) groups is 3. The van der Waals surface area contributed by atoms with Gasteiger partial charge in [-0.3, -0.25) is 23.4 Å². The molecule has 0 aliphatic carbocycles. The number of allylic oxidation sites excluding steroid dienone is 2. The van der Waals surface area contributed by atoms with E-state index in [9.17, 15) is 28.9 Å². The minimum atomic E-state index is -4.73. The van der Waals surface area contributed by atoms with Gasteiger partial charge in [0.25, 0.3) is 0 Å². The summed E-state index contributed by atoms with van der Waals surface area (Å²) in [6.07, 6.45) is 40.5. The molecule has 0 aromatic carbocycles. The third-order valence-corrected chi connectivity index (χ3v) is 12.1. The van der Waals surface area contributed by atoms with Crippen molar-refractivity contribution in [3.05, 3.63) is 12.2 Å². The van der Waals surface area contributed by atoms with Crippen molar-refractivity contribution in [3.63, 3.8) is 0 Å². The van der Waals surface area contributed by atoms with E-state index in [0.29, 0.717) is 19.3 Å². The second-order valence-corrected chi connectivity index (χ2v) is 18.8. The summed E-state index contributed by atoms with van der Waals surface area (Å²) in [5.74, 6) is -1.46. The summed E-state index contributed by atoms with van der Waals surface area (Å²) in [7, 11) is -4.73. The smallest absolute Gasteiger partial charge is 0.462 e. The first-order valence-electron chi connectivity index (χ1n) is 25.6. The lowest BCUT2D eigenvalue weighted by Crippen LogP contribution is -2.30. The zero-order valence-corrected chi connectivity index (χ0v) is 41.0. The zero-order chi connectivity index (χ0) is 45.6. The Morgan fingerprint density at radius 3 is 1.16 bits per heavy atom. The lowest BCUT2D eigenvalue weighted by Gasteiger charge is -2.21. The van der Waals surface area contributed by atoms with Crippen LogP contribution in [0.5, 0.6) is 0 Å². The molecule has 3 unspecified atom stereocenters. The van der Waals surface area contributed by atoms with Crippen molar-refractivity contribution in [1.29, 1.82) is 0 Å². The van der Waals surface area contributed by atoms with Gasteiger partial charge < -0.3 is 24.2 Å². The number of phosphoric ester groups is 1. The molecule has 0 aromatic rings. The Bertz CT molecular complexity index is 1100. The average Bonchev–Trinajstić information content (AvgIpc) is 3.25. The van der Waals surface area contributed by atoms with Crippen LogP contribution in [0.25, 0.3) is 0 Å². The van der Waals surface area contributed by atoms with E-state index >= 15 is 0 Å². The molecule has 0 heterocycles. The van der Waals surface area contributed by atoms with Crippen LogP contribution in [0, 0.1) is 0 Å². The van der Waals surface area contributed by atoms with Crippen LogP contribution in [-0.4, -0.2) is 66.5 Å². The quantitative estimate of drug-likeness (QED) is 0.0197. The predicted molar refractivity (Wildman–Crippen MR) is 252 cm³/mol. The molecule has 3 atom stereocenters. The van der Waals surface area contributed by atoms with E-state index in [4.69, 9.17) is 23.3 Å². The summed E-state index contributed by atoms with van der Waals surface area (Å²) in [5, 5.41) is 9.73. The van der Waals surface area contributed by atoms with Gasteiger partial charge in [0.05, 0.1) is 19.8 Å². The number of carbonyl (C=O) groups excluding carboxylic acids is 3. The molecule has 366 valence electrons. The lowest BCUT2D eigenvalue weighted by atomic mass is 10.0. The molecule has 0 aliphatic heterocycles. The number of aliphatic hydroxyl groups excluding tert-OH is 1. The monoisotopic (exact) mass is 903 g/mol. The number of rotatable bonds is 48. The van der Waals surface area contributed by atoms with Crippen molar-refractivity contribution in [2.75, 3.05) is 26.4 Å². The van der Waals surface area contributed by atoms with Gasteiger partial charge in [0.2, 0.25) is 0 Å². The van der Waals surface area contributed by atoms with Crippen LogP contribution in [0.3, 0.4) is 0 Å². The second-order valence-electron chi connectivity index (χ2n) is 17.3. The molecule has 0 spiro atoms. The largest absolute Gasteiger partial charge is 0.472 e. The SMILES string of the molecule is CCCC/C=C\CCCCCCCC(=O)OC(COC(=O)CCCCCCCCCCCCCCCCC)COP(=O)(O)OCC(CO)OC(=O)CCCCCCCCCCC. The first-order chi connectivity index (χ1) is 30.2. The minimum absolute atomic E-state index is 0.163. The highest BCUT2D eigenvalue weighted by Crippen LogP contribution is 2.43. The molecule has 0 aliphatic rings. The molecule has 0 amide bonds. The molecular formula is C50H95O11P. The van der Waals surface area contributed by atoms with Gasteiger partial charge in [-0.25, -0.2) is 4.57 Å². The molecule has 62 heavy (non-hydrogen) atoms. The number of ether oxygens (including phenoxy) is 3. The highest BCUT2D eigenvalue weighted by molar-refractivity contribution is 7.47. The van der Waals surface area contributed by atoms with Gasteiger partial charge in [0.1, 0.15) is 12.7 Å². The number of hydrogen-bond acceptors (Lipinski definition) is 10. The first kappa shape index (κ1) is 60.2. The van der Waals surface area contributed by atoms with E-state index in [1.54, 1.807) is 0 Å². The van der Waals surface area contributed by atoms with E-state index < -0.39 is 57.8 Å². The van der Waals surface area contributed by atoms with Crippen molar-refractivity contribution >= 4 is 25.7 Å². The Hall–Kier alpha value is -1.78. The summed E-state index contributed by atoms with van der Waals surface area (Å²) in [6.45, 7) is 4.59. The van der Waals surface area contributed by atoms with Crippen LogP contribution in [0.15, 0.2) is 12.2 Å². The average molecular weight is 903 g/mol. The van der Waals surface area contributed by atoms with Crippen molar-refractivity contribution < 1.29 is 52.2 Å². The maximum atomic E-state index is 12.8. The molecule has 2 N–H and O–H groups in total. The summed E-state index contributed by atoms with van der Waals surface area (Å²) >= 11 is 0. The normalized spacial score (nSPS) is 13.6. The maximum Gasteiger partial charge on any atom is 0.472 e. The molecule has 0 fully saturated rings. The van der Waals surface area contributed by atoms with Crippen LogP contribution in [0.2, 0.25) is 0 Å². The van der Waals surface area contributed by atoms with Crippen LogP contribution in [-0.2, 0) is 42.2 Å². The molecule has 0 rings (SSSR count). The Kier molecular flexibility index (Phi) is 44.5. The highest BCUT2D eigenvalue weighted by atomic mass is 31.2. The van der Waals surface area contributed by atoms with E-state index in [1.807, 2.05) is 0 Å². The summed E-state index contributed by atoms with van der Waals surface area (Å²) in [4.78, 5) is 48.1. The zero-order valence-electron chi connectivity index (χ0n) is 40.1. The molecule has 0 aromatic heterocycles. The number of phosphoric acid groups is 1. The predicted octanol–water partition coefficient (Wildman–Crippen LogP) is 14.1. The molecule has 11 nitrogen and oxygen atoms in total. The van der Waals surface area contributed by atoms with Gasteiger partial charge in [-0.15, -0.1) is 0 Å². The number of esters is 3. The summed E-state index contributed by atoms with van der Waals surface area (Å²) < 4.78 is 39.2. The third kappa shape index (κ3) is 43.5. The molecular weight excluding hydrogens is 808 g/mol. The lowest BCUT2D eigenvalue weighted by molar-refractivity contribution is -0.161. The van der Waals surface area contributed by atoms with Crippen molar-refractivity contribution in [2.24, 2.45) is 0 Å². The van der Waals surface area contributed by atoms with Gasteiger partial charge in [-0.1, -0.05) is 206 Å². The Labute approximate surface area is 379 Å². The van der Waals surface area contributed by atoms with E-state index in [0.717, 1.165) is 77.0 Å². The maximum absolute atomic E-state index is 12.8. The third-order valence-electron chi connectivity index (χ3n) is 11.2. The standard InChI is InChI=1S/C50H95O11P/c1-4-7-10-13-16-19-21-22-23-24-26-28-30-33-36-39-48(52)57-43-47(61-50(54)41-38-35-32-29-25-20-17-14-11-8-5-2)45-59-62(55,56)58-44-46(42-51)60-49(53)40-37-34-31-27-18-15-12-9-6-3/h14,17,46-47,51H,4-13,15-16,18-45H2,1-3H3,(H,55,56)/b17-14-. The molecule has 0 radical (unpaired) electrons. The topological polar surface area (TPSA) is 155 Å². The van der Waals surface area contributed by atoms with Crippen molar-refractivity contribution in [1.82, 2.24) is 0 Å². The van der Waals surface area contributed by atoms with Crippen LogP contribution >= 0.6 is 7.82 Å². The second kappa shape index (κ2) is 45.8. The van der Waals surface area contributed by atoms with Crippen LogP contribution in [0.1, 0.15) is 252 Å². The first-order valence-corrected chi connectivity index (χ1v) is 27.1. The van der Waals surface area contributed by atoms with Crippen LogP contribution in [0.4, 0.5) is 0 Å². The summed E-state index contributed by atoms with van der Waals surface area (Å²) in [5.41, 5.74) is 0. The van der Waals surface area contributed by atoms with Gasteiger partial charge in [0.15, 0.2) is 6.10 Å². The Balaban J connectivity index is 4.69. The van der Waals surface area contributed by atoms with E-state index in [-0.39, 0.29) is 25.9 Å². The van der Waals surface area contributed by atoms with E-state index in [2.05, 4.69) is 32.9 Å². The molecule has 12 heteroatoms.